The van der Waals surface area contributed by atoms with Gasteiger partial charge in [0.1, 0.15) is 11.8 Å². The molecule has 2 aromatic carbocycles. The molecule has 0 spiro atoms. The summed E-state index contributed by atoms with van der Waals surface area (Å²) in [7, 11) is 1.53. The highest BCUT2D eigenvalue weighted by molar-refractivity contribution is 6.42. The average Bonchev–Trinajstić information content (AvgIpc) is 2.66. The van der Waals surface area contributed by atoms with E-state index in [1.807, 2.05) is 25.1 Å². The molecule has 0 aliphatic carbocycles. The van der Waals surface area contributed by atoms with E-state index in [1.165, 1.54) is 11.9 Å². The molecule has 27 heavy (non-hydrogen) atoms. The molecule has 0 fully saturated rings. The highest BCUT2D eigenvalue weighted by atomic mass is 35.5. The third kappa shape index (κ3) is 5.62. The van der Waals surface area contributed by atoms with Crippen LogP contribution in [0.3, 0.4) is 0 Å². The second-order valence-electron chi connectivity index (χ2n) is 6.11. The number of carbonyl (C=O) groups excluding carboxylic acids is 2. The molecule has 1 atom stereocenters. The molecule has 5 nitrogen and oxygen atoms in total. The van der Waals surface area contributed by atoms with Crippen LogP contribution in [0.5, 0.6) is 5.75 Å². The third-order valence-electron chi connectivity index (χ3n) is 4.20. The molecule has 0 saturated carbocycles. The number of rotatable bonds is 7. The molecular formula is C20H22Cl2N2O3. The van der Waals surface area contributed by atoms with Gasteiger partial charge in [-0.25, -0.2) is 0 Å². The van der Waals surface area contributed by atoms with Gasteiger partial charge >= 0.3 is 0 Å². The van der Waals surface area contributed by atoms with E-state index in [0.717, 1.165) is 11.1 Å². The van der Waals surface area contributed by atoms with Crippen molar-refractivity contribution in [3.63, 3.8) is 0 Å². The topological polar surface area (TPSA) is 58.6 Å². The Morgan fingerprint density at radius 1 is 1.15 bits per heavy atom. The monoisotopic (exact) mass is 408 g/mol. The van der Waals surface area contributed by atoms with Crippen molar-refractivity contribution in [3.8, 4) is 5.75 Å². The van der Waals surface area contributed by atoms with Crippen molar-refractivity contribution < 1.29 is 14.3 Å². The first-order chi connectivity index (χ1) is 12.8. The number of hydrogen-bond donors (Lipinski definition) is 1. The van der Waals surface area contributed by atoms with Crippen LogP contribution in [0.1, 0.15) is 18.1 Å². The van der Waals surface area contributed by atoms with Crippen LogP contribution in [0.15, 0.2) is 42.5 Å². The van der Waals surface area contributed by atoms with Gasteiger partial charge in [-0.3, -0.25) is 9.59 Å². The van der Waals surface area contributed by atoms with Crippen molar-refractivity contribution in [1.82, 2.24) is 10.2 Å². The molecule has 0 bridgehead atoms. The summed E-state index contributed by atoms with van der Waals surface area (Å²) in [5.74, 6) is 0.0626. The van der Waals surface area contributed by atoms with Crippen molar-refractivity contribution in [2.24, 2.45) is 0 Å². The number of aryl methyl sites for hydroxylation is 1. The van der Waals surface area contributed by atoms with E-state index >= 15 is 0 Å². The smallest absolute Gasteiger partial charge is 0.261 e. The van der Waals surface area contributed by atoms with Gasteiger partial charge in [-0.1, -0.05) is 47.5 Å². The lowest BCUT2D eigenvalue weighted by Gasteiger charge is -2.28. The van der Waals surface area contributed by atoms with E-state index in [4.69, 9.17) is 27.9 Å². The second kappa shape index (κ2) is 9.62. The lowest BCUT2D eigenvalue weighted by atomic mass is 10.1. The fraction of sp³-hybridized carbons (Fsp3) is 0.300. The number of halogens is 2. The van der Waals surface area contributed by atoms with Gasteiger partial charge in [0, 0.05) is 13.6 Å². The molecular weight excluding hydrogens is 387 g/mol. The third-order valence-corrected chi connectivity index (χ3v) is 4.93. The van der Waals surface area contributed by atoms with Crippen LogP contribution in [0.25, 0.3) is 0 Å². The summed E-state index contributed by atoms with van der Waals surface area (Å²) in [6.45, 7) is 3.61. The second-order valence-corrected chi connectivity index (χ2v) is 6.93. The fourth-order valence-electron chi connectivity index (χ4n) is 2.57. The van der Waals surface area contributed by atoms with Crippen molar-refractivity contribution in [2.45, 2.75) is 26.4 Å². The zero-order valence-corrected chi connectivity index (χ0v) is 17.0. The Morgan fingerprint density at radius 2 is 1.85 bits per heavy atom. The number of likely N-dealkylation sites (N-methyl/N-ethyl adjacent to an activating group) is 1. The van der Waals surface area contributed by atoms with Gasteiger partial charge < -0.3 is 15.0 Å². The quantitative estimate of drug-likeness (QED) is 0.756. The summed E-state index contributed by atoms with van der Waals surface area (Å²) in [6.07, 6.45) is 0. The van der Waals surface area contributed by atoms with Gasteiger partial charge in [-0.15, -0.1) is 0 Å². The Balaban J connectivity index is 2.17. The maximum absolute atomic E-state index is 12.8. The zero-order chi connectivity index (χ0) is 20.0. The number of nitrogens with one attached hydrogen (secondary N) is 1. The normalized spacial score (nSPS) is 11.6. The van der Waals surface area contributed by atoms with E-state index in [2.05, 4.69) is 5.32 Å². The number of hydrogen-bond acceptors (Lipinski definition) is 3. The summed E-state index contributed by atoms with van der Waals surface area (Å²) < 4.78 is 5.65. The highest BCUT2D eigenvalue weighted by Crippen LogP contribution is 2.24. The molecule has 1 N–H and O–H groups in total. The molecule has 0 radical (unpaired) electrons. The number of nitrogens with zero attached hydrogens (tertiary/aromatic N) is 1. The standard InChI is InChI=1S/C20H22Cl2N2O3/c1-13-6-4-5-7-18(13)27-12-19(25)24(14(2)20(26)23-3)11-15-8-9-16(21)17(22)10-15/h4-10,14H,11-12H2,1-3H3,(H,23,26)/t14-/m1/s1. The van der Waals surface area contributed by atoms with E-state index in [0.29, 0.717) is 15.8 Å². The number of para-hydroxylation sites is 1. The lowest BCUT2D eigenvalue weighted by Crippen LogP contribution is -2.48. The molecule has 0 heterocycles. The minimum Gasteiger partial charge on any atom is -0.484 e. The number of benzene rings is 2. The van der Waals surface area contributed by atoms with Gasteiger partial charge in [-0.05, 0) is 43.2 Å². The average molecular weight is 409 g/mol. The summed E-state index contributed by atoms with van der Waals surface area (Å²) in [5, 5.41) is 3.39. The minimum absolute atomic E-state index is 0.173. The van der Waals surface area contributed by atoms with Gasteiger partial charge in [0.2, 0.25) is 5.91 Å². The van der Waals surface area contributed by atoms with E-state index in [1.54, 1.807) is 31.2 Å². The Hall–Kier alpha value is -2.24. The Bertz CT molecular complexity index is 827. The van der Waals surface area contributed by atoms with Gasteiger partial charge in [-0.2, -0.15) is 0 Å². The van der Waals surface area contributed by atoms with Crippen molar-refractivity contribution >= 4 is 35.0 Å². The van der Waals surface area contributed by atoms with E-state index in [9.17, 15) is 9.59 Å². The lowest BCUT2D eigenvalue weighted by molar-refractivity contribution is -0.142. The van der Waals surface area contributed by atoms with Crippen LogP contribution >= 0.6 is 23.2 Å². The maximum Gasteiger partial charge on any atom is 0.261 e. The molecule has 2 aromatic rings. The highest BCUT2D eigenvalue weighted by Gasteiger charge is 2.26. The summed E-state index contributed by atoms with van der Waals surface area (Å²) in [4.78, 5) is 26.4. The molecule has 0 aliphatic heterocycles. The van der Waals surface area contributed by atoms with E-state index in [-0.39, 0.29) is 25.0 Å². The largest absolute Gasteiger partial charge is 0.484 e. The fourth-order valence-corrected chi connectivity index (χ4v) is 2.89. The summed E-state index contributed by atoms with van der Waals surface area (Å²) in [5.41, 5.74) is 1.70. The Kier molecular flexibility index (Phi) is 7.51. The van der Waals surface area contributed by atoms with Crippen molar-refractivity contribution in [3.05, 3.63) is 63.6 Å². The zero-order valence-electron chi connectivity index (χ0n) is 15.5. The van der Waals surface area contributed by atoms with Crippen LogP contribution < -0.4 is 10.1 Å². The first kappa shape index (κ1) is 21.1. The van der Waals surface area contributed by atoms with Crippen molar-refractivity contribution in [1.29, 1.82) is 0 Å². The number of ether oxygens (including phenoxy) is 1. The van der Waals surface area contributed by atoms with E-state index < -0.39 is 6.04 Å². The SMILES string of the molecule is CNC(=O)[C@@H](C)N(Cc1ccc(Cl)c(Cl)c1)C(=O)COc1ccccc1C. The summed E-state index contributed by atoms with van der Waals surface area (Å²) >= 11 is 12.0. The van der Waals surface area contributed by atoms with Gasteiger partial charge in [0.05, 0.1) is 10.0 Å². The van der Waals surface area contributed by atoms with Crippen LogP contribution in [-0.4, -0.2) is 36.4 Å². The molecule has 2 rings (SSSR count). The number of carbonyl (C=O) groups is 2. The first-order valence-electron chi connectivity index (χ1n) is 8.47. The van der Waals surface area contributed by atoms with Crippen LogP contribution in [0, 0.1) is 6.92 Å². The molecule has 0 aromatic heterocycles. The molecule has 0 aliphatic rings. The predicted molar refractivity (Wildman–Crippen MR) is 107 cm³/mol. The van der Waals surface area contributed by atoms with Gasteiger partial charge in [0.15, 0.2) is 6.61 Å². The molecule has 2 amide bonds. The predicted octanol–water partition coefficient (Wildman–Crippen LogP) is 3.84. The van der Waals surface area contributed by atoms with Crippen molar-refractivity contribution in [2.75, 3.05) is 13.7 Å². The van der Waals surface area contributed by atoms with Crippen LogP contribution in [0.2, 0.25) is 10.0 Å². The maximum atomic E-state index is 12.8. The molecule has 144 valence electrons. The van der Waals surface area contributed by atoms with Crippen LogP contribution in [0.4, 0.5) is 0 Å². The molecule has 0 saturated heterocycles. The first-order valence-corrected chi connectivity index (χ1v) is 9.22. The number of amides is 2. The molecule has 0 unspecified atom stereocenters. The minimum atomic E-state index is -0.669. The Labute approximate surface area is 169 Å². The van der Waals surface area contributed by atoms with Crippen LogP contribution in [-0.2, 0) is 16.1 Å². The molecule has 7 heteroatoms. The van der Waals surface area contributed by atoms with Gasteiger partial charge in [0.25, 0.3) is 5.91 Å². The Morgan fingerprint density at radius 3 is 2.48 bits per heavy atom. The summed E-state index contributed by atoms with van der Waals surface area (Å²) in [6, 6.07) is 11.9.